The molecule has 0 bridgehead atoms. The van der Waals surface area contributed by atoms with Gasteiger partial charge >= 0.3 is 0 Å². The maximum absolute atomic E-state index is 11.8. The molecule has 3 nitrogen and oxygen atoms in total. The zero-order valence-corrected chi connectivity index (χ0v) is 11.4. The number of hydrogen-bond acceptors (Lipinski definition) is 3. The van der Waals surface area contributed by atoms with Crippen LogP contribution in [0.15, 0.2) is 16.6 Å². The molecule has 86 valence electrons. The Labute approximate surface area is 108 Å². The molecule has 16 heavy (non-hydrogen) atoms. The highest BCUT2D eigenvalue weighted by atomic mass is 79.9. The Hall–Kier alpha value is -0.550. The highest BCUT2D eigenvalue weighted by molar-refractivity contribution is 9.10. The SMILES string of the molecule is Cc1nc(NC(=O)C2CCCS2)ccc1Br. The average molecular weight is 301 g/mol. The molecule has 1 amide bonds. The van der Waals surface area contributed by atoms with Crippen LogP contribution in [-0.4, -0.2) is 21.9 Å². The molecular weight excluding hydrogens is 288 g/mol. The summed E-state index contributed by atoms with van der Waals surface area (Å²) < 4.78 is 0.959. The van der Waals surface area contributed by atoms with E-state index < -0.39 is 0 Å². The molecule has 1 aliphatic rings. The van der Waals surface area contributed by atoms with Crippen molar-refractivity contribution in [3.8, 4) is 0 Å². The number of carbonyl (C=O) groups is 1. The summed E-state index contributed by atoms with van der Waals surface area (Å²) in [6.45, 7) is 1.91. The Kier molecular flexibility index (Phi) is 3.86. The summed E-state index contributed by atoms with van der Waals surface area (Å²) in [6, 6.07) is 3.72. The van der Waals surface area contributed by atoms with Crippen LogP contribution in [-0.2, 0) is 4.79 Å². The Bertz CT molecular complexity index is 405. The van der Waals surface area contributed by atoms with Gasteiger partial charge in [0.25, 0.3) is 0 Å². The van der Waals surface area contributed by atoms with E-state index in [0.29, 0.717) is 5.82 Å². The molecule has 1 saturated heterocycles. The molecule has 1 fully saturated rings. The third-order valence-electron chi connectivity index (χ3n) is 2.49. The van der Waals surface area contributed by atoms with Crippen molar-refractivity contribution in [2.24, 2.45) is 0 Å². The molecule has 1 unspecified atom stereocenters. The number of rotatable bonds is 2. The number of aromatic nitrogens is 1. The lowest BCUT2D eigenvalue weighted by Gasteiger charge is -2.09. The van der Waals surface area contributed by atoms with Gasteiger partial charge in [-0.1, -0.05) is 0 Å². The van der Waals surface area contributed by atoms with Gasteiger partial charge in [-0.05, 0) is 53.6 Å². The van der Waals surface area contributed by atoms with E-state index in [4.69, 9.17) is 0 Å². The highest BCUT2D eigenvalue weighted by Crippen LogP contribution is 2.27. The fourth-order valence-corrected chi connectivity index (χ4v) is 2.99. The average Bonchev–Trinajstić information content (AvgIpc) is 2.77. The minimum atomic E-state index is 0.0803. The zero-order valence-electron chi connectivity index (χ0n) is 9.00. The number of pyridine rings is 1. The first-order chi connectivity index (χ1) is 7.66. The van der Waals surface area contributed by atoms with Gasteiger partial charge < -0.3 is 5.32 Å². The second-order valence-corrected chi connectivity index (χ2v) is 5.92. The Morgan fingerprint density at radius 1 is 1.62 bits per heavy atom. The third-order valence-corrected chi connectivity index (χ3v) is 4.71. The van der Waals surface area contributed by atoms with E-state index in [1.165, 1.54) is 0 Å². The fourth-order valence-electron chi connectivity index (χ4n) is 1.60. The monoisotopic (exact) mass is 300 g/mol. The molecule has 2 rings (SSSR count). The Morgan fingerprint density at radius 2 is 2.44 bits per heavy atom. The van der Waals surface area contributed by atoms with Crippen LogP contribution < -0.4 is 5.32 Å². The maximum atomic E-state index is 11.8. The van der Waals surface area contributed by atoms with E-state index in [1.54, 1.807) is 11.8 Å². The summed E-state index contributed by atoms with van der Waals surface area (Å²) in [6.07, 6.45) is 2.11. The van der Waals surface area contributed by atoms with Crippen LogP contribution in [0.5, 0.6) is 0 Å². The van der Waals surface area contributed by atoms with Crippen LogP contribution in [0.2, 0.25) is 0 Å². The summed E-state index contributed by atoms with van der Waals surface area (Å²) in [4.78, 5) is 16.1. The normalized spacial score (nSPS) is 19.8. The minimum Gasteiger partial charge on any atom is -0.310 e. The first kappa shape index (κ1) is 11.9. The van der Waals surface area contributed by atoms with Crippen molar-refractivity contribution >= 4 is 39.4 Å². The smallest absolute Gasteiger partial charge is 0.238 e. The number of hydrogen-bond donors (Lipinski definition) is 1. The molecule has 0 spiro atoms. The lowest BCUT2D eigenvalue weighted by molar-refractivity contribution is -0.115. The summed E-state index contributed by atoms with van der Waals surface area (Å²) in [5.41, 5.74) is 0.886. The molecule has 0 radical (unpaired) electrons. The quantitative estimate of drug-likeness (QED) is 0.913. The number of nitrogens with one attached hydrogen (secondary N) is 1. The number of aryl methyl sites for hydroxylation is 1. The van der Waals surface area contributed by atoms with Crippen molar-refractivity contribution in [1.29, 1.82) is 0 Å². The van der Waals surface area contributed by atoms with Gasteiger partial charge in [-0.25, -0.2) is 4.98 Å². The van der Waals surface area contributed by atoms with Gasteiger partial charge in [0.15, 0.2) is 0 Å². The van der Waals surface area contributed by atoms with Crippen LogP contribution in [0, 0.1) is 6.92 Å². The Morgan fingerprint density at radius 3 is 3.06 bits per heavy atom. The van der Waals surface area contributed by atoms with E-state index in [2.05, 4.69) is 26.2 Å². The lowest BCUT2D eigenvalue weighted by atomic mass is 10.2. The number of nitrogens with zero attached hydrogens (tertiary/aromatic N) is 1. The largest absolute Gasteiger partial charge is 0.310 e. The van der Waals surface area contributed by atoms with Gasteiger partial charge in [0, 0.05) is 4.47 Å². The number of halogens is 1. The van der Waals surface area contributed by atoms with Gasteiger partial charge in [-0.15, -0.1) is 11.8 Å². The van der Waals surface area contributed by atoms with Gasteiger partial charge in [-0.2, -0.15) is 0 Å². The molecule has 1 aromatic heterocycles. The van der Waals surface area contributed by atoms with E-state index in [9.17, 15) is 4.79 Å². The van der Waals surface area contributed by atoms with Gasteiger partial charge in [0.2, 0.25) is 5.91 Å². The number of anilines is 1. The van der Waals surface area contributed by atoms with E-state index in [-0.39, 0.29) is 11.2 Å². The Balaban J connectivity index is 2.02. The fraction of sp³-hybridized carbons (Fsp3) is 0.455. The topological polar surface area (TPSA) is 42.0 Å². The van der Waals surface area contributed by atoms with Crippen LogP contribution in [0.25, 0.3) is 0 Å². The van der Waals surface area contributed by atoms with Crippen LogP contribution in [0.3, 0.4) is 0 Å². The summed E-state index contributed by atoms with van der Waals surface area (Å²) in [5, 5.41) is 2.96. The van der Waals surface area contributed by atoms with Gasteiger partial charge in [-0.3, -0.25) is 4.79 Å². The molecule has 0 aliphatic carbocycles. The number of thioether (sulfide) groups is 1. The van der Waals surface area contributed by atoms with Crippen molar-refractivity contribution in [3.05, 3.63) is 22.3 Å². The van der Waals surface area contributed by atoms with Gasteiger partial charge in [0.1, 0.15) is 5.82 Å². The predicted molar refractivity (Wildman–Crippen MR) is 70.8 cm³/mol. The first-order valence-electron chi connectivity index (χ1n) is 5.22. The van der Waals surface area contributed by atoms with Crippen LogP contribution in [0.1, 0.15) is 18.5 Å². The molecule has 1 aromatic rings. The first-order valence-corrected chi connectivity index (χ1v) is 7.06. The van der Waals surface area contributed by atoms with Gasteiger partial charge in [0.05, 0.1) is 10.9 Å². The molecule has 5 heteroatoms. The molecule has 0 aromatic carbocycles. The number of amides is 1. The highest BCUT2D eigenvalue weighted by Gasteiger charge is 2.23. The molecular formula is C11H13BrN2OS. The van der Waals surface area contributed by atoms with Crippen molar-refractivity contribution in [2.45, 2.75) is 25.0 Å². The lowest BCUT2D eigenvalue weighted by Crippen LogP contribution is -2.23. The minimum absolute atomic E-state index is 0.0803. The second-order valence-electron chi connectivity index (χ2n) is 3.75. The molecule has 0 saturated carbocycles. The number of carbonyl (C=O) groups excluding carboxylic acids is 1. The van der Waals surface area contributed by atoms with Crippen molar-refractivity contribution in [2.75, 3.05) is 11.1 Å². The van der Waals surface area contributed by atoms with E-state index in [1.807, 2.05) is 19.1 Å². The molecule has 1 N–H and O–H groups in total. The van der Waals surface area contributed by atoms with Crippen molar-refractivity contribution < 1.29 is 4.79 Å². The second kappa shape index (κ2) is 5.19. The standard InChI is InChI=1S/C11H13BrN2OS/c1-7-8(12)4-5-10(13-7)14-11(15)9-3-2-6-16-9/h4-5,9H,2-3,6H2,1H3,(H,13,14,15). The zero-order chi connectivity index (χ0) is 11.5. The maximum Gasteiger partial charge on any atom is 0.238 e. The van der Waals surface area contributed by atoms with Crippen molar-refractivity contribution in [3.63, 3.8) is 0 Å². The van der Waals surface area contributed by atoms with Crippen LogP contribution in [0.4, 0.5) is 5.82 Å². The molecule has 1 atom stereocenters. The summed E-state index contributed by atoms with van der Waals surface area (Å²) >= 11 is 5.11. The van der Waals surface area contributed by atoms with E-state index in [0.717, 1.165) is 28.8 Å². The predicted octanol–water partition coefficient (Wildman–Crippen LogP) is 2.99. The summed E-state index contributed by atoms with van der Waals surface area (Å²) in [7, 11) is 0. The van der Waals surface area contributed by atoms with Crippen molar-refractivity contribution in [1.82, 2.24) is 4.98 Å². The third kappa shape index (κ3) is 2.77. The van der Waals surface area contributed by atoms with Crippen LogP contribution >= 0.6 is 27.7 Å². The summed E-state index contributed by atoms with van der Waals surface area (Å²) in [5.74, 6) is 1.81. The van der Waals surface area contributed by atoms with E-state index >= 15 is 0 Å². The molecule has 1 aliphatic heterocycles. The molecule has 2 heterocycles.